The molecule has 2 aromatic heterocycles. The number of aromatic nitrogens is 3. The van der Waals surface area contributed by atoms with E-state index in [9.17, 15) is 10.1 Å². The van der Waals surface area contributed by atoms with Crippen molar-refractivity contribution in [2.45, 2.75) is 96.7 Å². The minimum atomic E-state index is -1.24. The number of likely N-dealkylation sites (tertiary alicyclic amines) is 1. The fraction of sp³-hybridized carbons (Fsp3) is 0.714. The zero-order valence-electron chi connectivity index (χ0n) is 24.4. The molecule has 0 aliphatic carbocycles. The first-order valence-corrected chi connectivity index (χ1v) is 18.0. The smallest absolute Gasteiger partial charge is 0.323 e. The Hall–Kier alpha value is -2.68. The quantitative estimate of drug-likeness (QED) is 0.177. The van der Waals surface area contributed by atoms with Gasteiger partial charge in [0.25, 0.3) is 0 Å². The van der Waals surface area contributed by atoms with Crippen molar-refractivity contribution >= 4 is 30.9 Å². The molecular weight excluding hydrogens is 512 g/mol. The molecule has 0 saturated carbocycles. The van der Waals surface area contributed by atoms with Gasteiger partial charge in [0.05, 0.1) is 13.7 Å². The molecule has 1 aliphatic rings. The van der Waals surface area contributed by atoms with Crippen molar-refractivity contribution < 1.29 is 19.0 Å². The molecule has 0 radical (unpaired) electrons. The Morgan fingerprint density at radius 1 is 1.18 bits per heavy atom. The lowest BCUT2D eigenvalue weighted by Crippen LogP contribution is -2.37. The molecule has 39 heavy (non-hydrogen) atoms. The molecule has 1 aliphatic heterocycles. The molecule has 3 rings (SSSR count). The molecule has 216 valence electrons. The average molecular weight is 559 g/mol. The van der Waals surface area contributed by atoms with E-state index in [4.69, 9.17) is 24.9 Å². The van der Waals surface area contributed by atoms with Crippen LogP contribution < -0.4 is 10.5 Å². The molecule has 3 heterocycles. The first kappa shape index (κ1) is 30.9. The molecule has 1 atom stereocenters. The van der Waals surface area contributed by atoms with Crippen molar-refractivity contribution in [1.82, 2.24) is 19.4 Å². The summed E-state index contributed by atoms with van der Waals surface area (Å²) in [6.45, 7) is 12.2. The van der Waals surface area contributed by atoms with Gasteiger partial charge in [0.2, 0.25) is 0 Å². The van der Waals surface area contributed by atoms with Gasteiger partial charge in [-0.2, -0.15) is 15.2 Å². The van der Waals surface area contributed by atoms with Crippen LogP contribution in [0.1, 0.15) is 63.1 Å². The van der Waals surface area contributed by atoms with Gasteiger partial charge < -0.3 is 24.5 Å². The molecule has 0 unspecified atom stereocenters. The summed E-state index contributed by atoms with van der Waals surface area (Å²) in [6, 6.07) is 3.55. The Labute approximate surface area is 233 Å². The number of hydrogen-bond donors (Lipinski definition) is 1. The van der Waals surface area contributed by atoms with E-state index in [1.54, 1.807) is 0 Å². The van der Waals surface area contributed by atoms with Gasteiger partial charge in [-0.05, 0) is 57.7 Å². The van der Waals surface area contributed by atoms with E-state index in [0.29, 0.717) is 42.2 Å². The minimum absolute atomic E-state index is 0.120. The van der Waals surface area contributed by atoms with E-state index in [1.807, 2.05) is 4.57 Å². The Bertz CT molecular complexity index is 1140. The largest absolute Gasteiger partial charge is 0.468 e. The van der Waals surface area contributed by atoms with Crippen LogP contribution in [-0.2, 0) is 27.4 Å². The SMILES string of the molecule is CCCCOc1nc(N)c2c(n1)c(CCCCCN1CCC[C@H]1C(=O)OC)c(C#N)n2COCC[Si](C)(C)C. The summed E-state index contributed by atoms with van der Waals surface area (Å²) in [6.07, 6.45) is 7.30. The maximum Gasteiger partial charge on any atom is 0.323 e. The summed E-state index contributed by atoms with van der Waals surface area (Å²) < 4.78 is 18.6. The number of unbranched alkanes of at least 4 members (excludes halogenated alkanes) is 3. The van der Waals surface area contributed by atoms with Crippen LogP contribution in [0.15, 0.2) is 0 Å². The number of nitrogens with two attached hydrogens (primary N) is 1. The van der Waals surface area contributed by atoms with Gasteiger partial charge in [-0.15, -0.1) is 0 Å². The van der Waals surface area contributed by atoms with Crippen LogP contribution in [0, 0.1) is 11.3 Å². The van der Waals surface area contributed by atoms with Crippen LogP contribution in [-0.4, -0.2) is 72.9 Å². The van der Waals surface area contributed by atoms with Gasteiger partial charge in [0.1, 0.15) is 35.6 Å². The van der Waals surface area contributed by atoms with Crippen molar-refractivity contribution in [3.8, 4) is 12.1 Å². The number of rotatable bonds is 16. The number of aryl methyl sites for hydroxylation is 1. The molecule has 0 spiro atoms. The van der Waals surface area contributed by atoms with Crippen LogP contribution in [0.5, 0.6) is 6.01 Å². The number of methoxy groups -OCH3 is 1. The Kier molecular flexibility index (Phi) is 11.6. The molecule has 11 heteroatoms. The molecule has 2 aromatic rings. The topological polar surface area (TPSA) is 129 Å². The summed E-state index contributed by atoms with van der Waals surface area (Å²) in [5.41, 5.74) is 9.11. The van der Waals surface area contributed by atoms with E-state index in [2.05, 4.69) is 42.5 Å². The number of nitrogen functional groups attached to an aromatic ring is 1. The number of nitriles is 1. The second-order valence-electron chi connectivity index (χ2n) is 11.5. The number of nitrogens with zero attached hydrogens (tertiary/aromatic N) is 5. The first-order chi connectivity index (χ1) is 18.7. The number of fused-ring (bicyclic) bond motifs is 1. The normalized spacial score (nSPS) is 16.1. The van der Waals surface area contributed by atoms with Gasteiger partial charge in [-0.1, -0.05) is 39.4 Å². The predicted molar refractivity (Wildman–Crippen MR) is 155 cm³/mol. The second-order valence-corrected chi connectivity index (χ2v) is 17.2. The monoisotopic (exact) mass is 558 g/mol. The molecular formula is C28H46N6O4Si. The average Bonchev–Trinajstić information content (AvgIpc) is 3.48. The van der Waals surface area contributed by atoms with Crippen molar-refractivity contribution in [3.63, 3.8) is 0 Å². The highest BCUT2D eigenvalue weighted by Crippen LogP contribution is 2.31. The van der Waals surface area contributed by atoms with Crippen LogP contribution >= 0.6 is 0 Å². The van der Waals surface area contributed by atoms with Gasteiger partial charge in [-0.25, -0.2) is 0 Å². The molecule has 0 amide bonds. The van der Waals surface area contributed by atoms with Crippen molar-refractivity contribution in [2.24, 2.45) is 0 Å². The maximum absolute atomic E-state index is 12.0. The highest BCUT2D eigenvalue weighted by molar-refractivity contribution is 6.76. The van der Waals surface area contributed by atoms with E-state index in [1.165, 1.54) is 7.11 Å². The van der Waals surface area contributed by atoms with Crippen LogP contribution in [0.4, 0.5) is 5.82 Å². The third-order valence-electron chi connectivity index (χ3n) is 7.26. The lowest BCUT2D eigenvalue weighted by molar-refractivity contribution is -0.145. The summed E-state index contributed by atoms with van der Waals surface area (Å²) in [5.74, 6) is 0.159. The number of carbonyl (C=O) groups is 1. The third kappa shape index (κ3) is 8.40. The Balaban J connectivity index is 1.75. The zero-order chi connectivity index (χ0) is 28.4. The lowest BCUT2D eigenvalue weighted by Gasteiger charge is -2.22. The number of ether oxygens (including phenoxy) is 3. The summed E-state index contributed by atoms with van der Waals surface area (Å²) in [7, 11) is 0.211. The van der Waals surface area contributed by atoms with E-state index < -0.39 is 8.07 Å². The highest BCUT2D eigenvalue weighted by Gasteiger charge is 2.30. The van der Waals surface area contributed by atoms with Crippen molar-refractivity contribution in [1.29, 1.82) is 5.26 Å². The Morgan fingerprint density at radius 3 is 2.67 bits per heavy atom. The fourth-order valence-electron chi connectivity index (χ4n) is 5.00. The van der Waals surface area contributed by atoms with Crippen molar-refractivity contribution in [2.75, 3.05) is 39.1 Å². The molecule has 2 N–H and O–H groups in total. The predicted octanol–water partition coefficient (Wildman–Crippen LogP) is 4.73. The van der Waals surface area contributed by atoms with Gasteiger partial charge in [-0.3, -0.25) is 9.69 Å². The molecule has 1 saturated heterocycles. The van der Waals surface area contributed by atoms with Crippen LogP contribution in [0.3, 0.4) is 0 Å². The number of hydrogen-bond acceptors (Lipinski definition) is 9. The third-order valence-corrected chi connectivity index (χ3v) is 8.97. The molecule has 1 fully saturated rings. The summed E-state index contributed by atoms with van der Waals surface area (Å²) in [5, 5.41) is 10.2. The second kappa shape index (κ2) is 14.6. The molecule has 0 aromatic carbocycles. The van der Waals surface area contributed by atoms with Gasteiger partial charge >= 0.3 is 12.0 Å². The summed E-state index contributed by atoms with van der Waals surface area (Å²) >= 11 is 0. The van der Waals surface area contributed by atoms with Gasteiger partial charge in [0, 0.05) is 20.2 Å². The molecule has 10 nitrogen and oxygen atoms in total. The van der Waals surface area contributed by atoms with Crippen LogP contribution in [0.2, 0.25) is 25.7 Å². The van der Waals surface area contributed by atoms with Crippen LogP contribution in [0.25, 0.3) is 11.0 Å². The first-order valence-electron chi connectivity index (χ1n) is 14.3. The fourth-order valence-corrected chi connectivity index (χ4v) is 5.76. The van der Waals surface area contributed by atoms with Gasteiger partial charge in [0.15, 0.2) is 5.82 Å². The number of esters is 1. The van der Waals surface area contributed by atoms with E-state index in [-0.39, 0.29) is 24.8 Å². The molecule has 0 bridgehead atoms. The number of anilines is 1. The standard InChI is InChI=1S/C28H46N6O4Si/c1-6-7-16-38-28-31-24-21(12-9-8-10-14-33-15-11-13-22(33)27(35)36-2)23(19-29)34(25(24)26(30)32-28)20-37-17-18-39(3,4)5/h22H,6-18,20H2,1-5H3,(H2,30,31,32)/t22-/m0/s1. The van der Waals surface area contributed by atoms with E-state index in [0.717, 1.165) is 69.6 Å². The highest BCUT2D eigenvalue weighted by atomic mass is 28.3. The van der Waals surface area contributed by atoms with E-state index >= 15 is 0 Å². The minimum Gasteiger partial charge on any atom is -0.468 e. The van der Waals surface area contributed by atoms with Crippen molar-refractivity contribution in [3.05, 3.63) is 11.3 Å². The maximum atomic E-state index is 12.0. The number of carbonyl (C=O) groups excluding carboxylic acids is 1. The zero-order valence-corrected chi connectivity index (χ0v) is 25.4. The summed E-state index contributed by atoms with van der Waals surface area (Å²) in [4.78, 5) is 23.4. The lowest BCUT2D eigenvalue weighted by atomic mass is 10.1. The Morgan fingerprint density at radius 2 is 1.97 bits per heavy atom.